The maximum absolute atomic E-state index is 12.8. The Morgan fingerprint density at radius 1 is 0.927 bits per heavy atom. The summed E-state index contributed by atoms with van der Waals surface area (Å²) in [5.74, 6) is -0.551. The standard InChI is InChI=1S/C29H23ClN4O6S/c30-22-10-16-25(17-11-22)41(38,39)33-28(31)34-18-29(37,21-4-2-1-3-5-21)26(32-34)19-6-12-23(13-7-19)40-24-14-8-20(9-15-24)27(35)36/h1-17,37H,18H2,(H2,31,33)(H,35,36). The Hall–Kier alpha value is -4.71. The summed E-state index contributed by atoms with van der Waals surface area (Å²) in [6.45, 7) is -0.188. The van der Waals surface area contributed by atoms with Crippen molar-refractivity contribution in [2.45, 2.75) is 10.5 Å². The summed E-state index contributed by atoms with van der Waals surface area (Å²) in [4.78, 5) is 11.0. The van der Waals surface area contributed by atoms with Crippen LogP contribution in [0.25, 0.3) is 0 Å². The number of rotatable bonds is 7. The Bertz CT molecular complexity index is 1740. The number of benzene rings is 4. The largest absolute Gasteiger partial charge is 0.478 e. The van der Waals surface area contributed by atoms with Crippen molar-refractivity contribution in [2.75, 3.05) is 6.54 Å². The van der Waals surface area contributed by atoms with E-state index in [2.05, 4.69) is 9.50 Å². The number of guanidine groups is 1. The number of carbonyl (C=O) groups is 1. The van der Waals surface area contributed by atoms with Crippen LogP contribution in [-0.4, -0.2) is 47.8 Å². The Balaban J connectivity index is 1.46. The van der Waals surface area contributed by atoms with Crippen LogP contribution < -0.4 is 10.5 Å². The number of nitrogens with two attached hydrogens (primary N) is 1. The lowest BCUT2D eigenvalue weighted by atomic mass is 9.86. The van der Waals surface area contributed by atoms with E-state index >= 15 is 0 Å². The number of carboxylic acids is 1. The lowest BCUT2D eigenvalue weighted by molar-refractivity contribution is 0.0696. The van der Waals surface area contributed by atoms with Crippen molar-refractivity contribution in [3.05, 3.63) is 125 Å². The maximum atomic E-state index is 12.8. The highest BCUT2D eigenvalue weighted by atomic mass is 35.5. The van der Waals surface area contributed by atoms with Crippen molar-refractivity contribution in [1.82, 2.24) is 5.01 Å². The summed E-state index contributed by atoms with van der Waals surface area (Å²) >= 11 is 5.86. The first-order valence-corrected chi connectivity index (χ1v) is 14.0. The van der Waals surface area contributed by atoms with Crippen LogP contribution in [0.3, 0.4) is 0 Å². The molecule has 0 bridgehead atoms. The molecule has 4 aromatic carbocycles. The lowest BCUT2D eigenvalue weighted by Crippen LogP contribution is -2.42. The number of aromatic carboxylic acids is 1. The minimum Gasteiger partial charge on any atom is -0.478 e. The molecule has 0 saturated heterocycles. The van der Waals surface area contributed by atoms with Crippen molar-refractivity contribution in [3.63, 3.8) is 0 Å². The van der Waals surface area contributed by atoms with E-state index in [0.29, 0.717) is 27.6 Å². The quantitative estimate of drug-likeness (QED) is 0.211. The van der Waals surface area contributed by atoms with Gasteiger partial charge in [-0.15, -0.1) is 4.40 Å². The monoisotopic (exact) mass is 590 g/mol. The number of β-amino-alcohol motifs (C(OH)–C–C–N with tert-alkyl or cyclic N) is 1. The number of sulfonamides is 1. The van der Waals surface area contributed by atoms with Crippen LogP contribution in [0.1, 0.15) is 21.5 Å². The van der Waals surface area contributed by atoms with Crippen LogP contribution >= 0.6 is 11.6 Å². The summed E-state index contributed by atoms with van der Waals surface area (Å²) in [7, 11) is -4.18. The number of carboxylic acid groups (broad SMARTS) is 1. The molecule has 0 aromatic heterocycles. The molecule has 4 N–H and O–H groups in total. The number of aliphatic hydroxyl groups is 1. The Kier molecular flexibility index (Phi) is 7.50. The third-order valence-corrected chi connectivity index (χ3v) is 7.84. The molecule has 5 rings (SSSR count). The average molecular weight is 591 g/mol. The average Bonchev–Trinajstić information content (AvgIpc) is 3.33. The van der Waals surface area contributed by atoms with E-state index in [9.17, 15) is 18.3 Å². The van der Waals surface area contributed by atoms with E-state index in [4.69, 9.17) is 27.2 Å². The van der Waals surface area contributed by atoms with Crippen LogP contribution in [0.4, 0.5) is 0 Å². The molecule has 0 radical (unpaired) electrons. The molecule has 0 aliphatic carbocycles. The van der Waals surface area contributed by atoms with Crippen LogP contribution in [0.15, 0.2) is 118 Å². The van der Waals surface area contributed by atoms with E-state index in [-0.39, 0.29) is 22.7 Å². The zero-order valence-electron chi connectivity index (χ0n) is 21.3. The van der Waals surface area contributed by atoms with Crippen LogP contribution in [-0.2, 0) is 15.6 Å². The molecular weight excluding hydrogens is 568 g/mol. The maximum Gasteiger partial charge on any atom is 0.335 e. The van der Waals surface area contributed by atoms with Gasteiger partial charge in [-0.2, -0.15) is 13.5 Å². The van der Waals surface area contributed by atoms with Gasteiger partial charge in [-0.05, 0) is 78.4 Å². The Morgan fingerprint density at radius 3 is 2.10 bits per heavy atom. The van der Waals surface area contributed by atoms with Gasteiger partial charge in [0, 0.05) is 10.6 Å². The van der Waals surface area contributed by atoms with Crippen molar-refractivity contribution in [3.8, 4) is 11.5 Å². The summed E-state index contributed by atoms with van der Waals surface area (Å²) in [6, 6.07) is 27.0. The molecule has 12 heteroatoms. The molecule has 4 aromatic rings. The second kappa shape index (κ2) is 11.0. The van der Waals surface area contributed by atoms with Crippen molar-refractivity contribution < 1.29 is 28.2 Å². The molecule has 1 unspecified atom stereocenters. The number of ether oxygens (including phenoxy) is 1. The fourth-order valence-corrected chi connectivity index (χ4v) is 5.26. The molecule has 1 aliphatic heterocycles. The molecule has 1 aliphatic rings. The van der Waals surface area contributed by atoms with E-state index in [1.165, 1.54) is 36.4 Å². The fourth-order valence-electron chi connectivity index (χ4n) is 4.21. The minimum absolute atomic E-state index is 0.0974. The van der Waals surface area contributed by atoms with Gasteiger partial charge in [-0.25, -0.2) is 9.80 Å². The molecule has 10 nitrogen and oxygen atoms in total. The molecule has 1 atom stereocenters. The molecule has 0 spiro atoms. The van der Waals surface area contributed by atoms with E-state index in [1.54, 1.807) is 66.7 Å². The SMILES string of the molecule is N/C(=N\S(=O)(=O)c1ccc(Cl)cc1)N1CC(O)(c2ccccc2)C(c2ccc(Oc3ccc(C(=O)O)cc3)cc2)=N1. The van der Waals surface area contributed by atoms with Gasteiger partial charge in [0.2, 0.25) is 5.96 Å². The zero-order chi connectivity index (χ0) is 29.2. The van der Waals surface area contributed by atoms with Crippen molar-refractivity contribution >= 4 is 39.3 Å². The van der Waals surface area contributed by atoms with E-state index in [1.807, 2.05) is 0 Å². The smallest absolute Gasteiger partial charge is 0.335 e. The first kappa shape index (κ1) is 27.8. The van der Waals surface area contributed by atoms with Gasteiger partial charge in [-0.1, -0.05) is 41.9 Å². The van der Waals surface area contributed by atoms with Crippen LogP contribution in [0.2, 0.25) is 5.02 Å². The summed E-state index contributed by atoms with van der Waals surface area (Å²) in [5.41, 5.74) is 5.87. The van der Waals surface area contributed by atoms with Gasteiger partial charge in [0.25, 0.3) is 10.0 Å². The molecule has 1 heterocycles. The van der Waals surface area contributed by atoms with Crippen molar-refractivity contribution in [1.29, 1.82) is 0 Å². The van der Waals surface area contributed by atoms with Gasteiger partial charge in [0.1, 0.15) is 17.2 Å². The normalized spacial score (nSPS) is 17.3. The predicted molar refractivity (Wildman–Crippen MR) is 154 cm³/mol. The fraction of sp³-hybridized carbons (Fsp3) is 0.0690. The topological polar surface area (TPSA) is 155 Å². The number of halogens is 1. The first-order chi connectivity index (χ1) is 19.5. The Morgan fingerprint density at radius 2 is 1.51 bits per heavy atom. The lowest BCUT2D eigenvalue weighted by Gasteiger charge is -2.25. The summed E-state index contributed by atoms with van der Waals surface area (Å²) in [6.07, 6.45) is 0. The van der Waals surface area contributed by atoms with Gasteiger partial charge < -0.3 is 20.7 Å². The number of hydrogen-bond donors (Lipinski definition) is 3. The van der Waals surface area contributed by atoms with Gasteiger partial charge in [-0.3, -0.25) is 0 Å². The Labute approximate surface area is 240 Å². The molecule has 41 heavy (non-hydrogen) atoms. The molecular formula is C29H23ClN4O6S. The zero-order valence-corrected chi connectivity index (χ0v) is 22.8. The second-order valence-corrected chi connectivity index (χ2v) is 11.1. The molecule has 0 amide bonds. The minimum atomic E-state index is -4.18. The number of nitrogens with zero attached hydrogens (tertiary/aromatic N) is 3. The van der Waals surface area contributed by atoms with Crippen LogP contribution in [0.5, 0.6) is 11.5 Å². The van der Waals surface area contributed by atoms with Crippen molar-refractivity contribution in [2.24, 2.45) is 15.2 Å². The first-order valence-electron chi connectivity index (χ1n) is 12.2. The second-order valence-electron chi connectivity index (χ2n) is 9.07. The van der Waals surface area contributed by atoms with E-state index in [0.717, 1.165) is 5.01 Å². The van der Waals surface area contributed by atoms with Gasteiger partial charge in [0.15, 0.2) is 5.60 Å². The third-order valence-electron chi connectivity index (χ3n) is 6.30. The highest BCUT2D eigenvalue weighted by molar-refractivity contribution is 7.90. The summed E-state index contributed by atoms with van der Waals surface area (Å²) in [5, 5.41) is 27.0. The molecule has 0 saturated carbocycles. The van der Waals surface area contributed by atoms with Gasteiger partial charge in [0.05, 0.1) is 17.0 Å². The van der Waals surface area contributed by atoms with E-state index < -0.39 is 27.6 Å². The number of hydrazone groups is 1. The molecule has 0 fully saturated rings. The predicted octanol–water partition coefficient (Wildman–Crippen LogP) is 4.44. The highest BCUT2D eigenvalue weighted by Gasteiger charge is 2.44. The number of hydrogen-bond acceptors (Lipinski definition) is 6. The third kappa shape index (κ3) is 5.92. The van der Waals surface area contributed by atoms with Crippen LogP contribution in [0, 0.1) is 0 Å². The molecule has 208 valence electrons. The van der Waals surface area contributed by atoms with Gasteiger partial charge >= 0.3 is 5.97 Å². The summed E-state index contributed by atoms with van der Waals surface area (Å²) < 4.78 is 35.2. The highest BCUT2D eigenvalue weighted by Crippen LogP contribution is 2.34.